The van der Waals surface area contributed by atoms with Gasteiger partial charge in [-0.05, 0) is 29.8 Å². The molecule has 0 amide bonds. The maximum atomic E-state index is 8.78. The molecule has 0 aliphatic carbocycles. The molecule has 0 spiro atoms. The van der Waals surface area contributed by atoms with Gasteiger partial charge in [0.25, 0.3) is 0 Å². The Hall–Kier alpha value is -1.98. The van der Waals surface area contributed by atoms with Crippen LogP contribution in [-0.2, 0) is 6.61 Å². The number of ether oxygens (including phenoxy) is 1. The summed E-state index contributed by atoms with van der Waals surface area (Å²) in [4.78, 5) is 0. The number of hydrogen-bond acceptors (Lipinski definition) is 2. The Morgan fingerprint density at radius 3 is 2.71 bits per heavy atom. The summed E-state index contributed by atoms with van der Waals surface area (Å²) in [7, 11) is 0. The van der Waals surface area contributed by atoms with Crippen molar-refractivity contribution in [3.05, 3.63) is 64.7 Å². The van der Waals surface area contributed by atoms with E-state index in [1.54, 1.807) is 18.2 Å². The van der Waals surface area contributed by atoms with E-state index < -0.39 is 0 Å². The van der Waals surface area contributed by atoms with Gasteiger partial charge in [-0.1, -0.05) is 35.9 Å². The van der Waals surface area contributed by atoms with Crippen LogP contribution >= 0.6 is 11.6 Å². The van der Waals surface area contributed by atoms with Gasteiger partial charge in [0.15, 0.2) is 0 Å². The van der Waals surface area contributed by atoms with Crippen molar-refractivity contribution < 1.29 is 4.74 Å². The summed E-state index contributed by atoms with van der Waals surface area (Å²) in [6.45, 7) is 0.402. The largest absolute Gasteiger partial charge is 0.487 e. The molecule has 17 heavy (non-hydrogen) atoms. The van der Waals surface area contributed by atoms with E-state index in [2.05, 4.69) is 6.07 Å². The third-order valence-corrected chi connectivity index (χ3v) is 2.60. The van der Waals surface area contributed by atoms with Gasteiger partial charge in [0.2, 0.25) is 0 Å². The molecule has 2 nitrogen and oxygen atoms in total. The van der Waals surface area contributed by atoms with Crippen LogP contribution in [0.1, 0.15) is 11.1 Å². The second-order valence-electron chi connectivity index (χ2n) is 3.53. The van der Waals surface area contributed by atoms with Crippen LogP contribution in [-0.4, -0.2) is 0 Å². The third kappa shape index (κ3) is 2.99. The van der Waals surface area contributed by atoms with Crippen LogP contribution in [0.15, 0.2) is 48.5 Å². The predicted octanol–water partition coefficient (Wildman–Crippen LogP) is 3.79. The molecule has 0 saturated heterocycles. The van der Waals surface area contributed by atoms with Gasteiger partial charge >= 0.3 is 0 Å². The Bertz CT molecular complexity index is 560. The van der Waals surface area contributed by atoms with Gasteiger partial charge in [0.1, 0.15) is 12.4 Å². The van der Waals surface area contributed by atoms with Crippen molar-refractivity contribution >= 4 is 11.6 Å². The van der Waals surface area contributed by atoms with Crippen LogP contribution in [0.4, 0.5) is 0 Å². The minimum Gasteiger partial charge on any atom is -0.487 e. The van der Waals surface area contributed by atoms with Gasteiger partial charge in [-0.25, -0.2) is 0 Å². The molecule has 0 saturated carbocycles. The fourth-order valence-corrected chi connectivity index (χ4v) is 1.64. The summed E-state index contributed by atoms with van der Waals surface area (Å²) in [5.74, 6) is 0.650. The van der Waals surface area contributed by atoms with Gasteiger partial charge in [0, 0.05) is 0 Å². The van der Waals surface area contributed by atoms with Crippen molar-refractivity contribution in [1.82, 2.24) is 0 Å². The molecule has 84 valence electrons. The number of nitrogens with zero attached hydrogens (tertiary/aromatic N) is 1. The number of halogens is 1. The fourth-order valence-electron chi connectivity index (χ4n) is 1.45. The molecule has 0 heterocycles. The highest BCUT2D eigenvalue weighted by Gasteiger charge is 2.01. The number of para-hydroxylation sites is 1. The number of rotatable bonds is 3. The Morgan fingerprint density at radius 2 is 1.94 bits per heavy atom. The van der Waals surface area contributed by atoms with Gasteiger partial charge in [-0.3, -0.25) is 0 Å². The smallest absolute Gasteiger partial charge is 0.138 e. The Balaban J connectivity index is 2.08. The molecule has 0 aliphatic rings. The molecule has 0 atom stereocenters. The van der Waals surface area contributed by atoms with Crippen LogP contribution in [0.5, 0.6) is 5.75 Å². The molecule has 0 unspecified atom stereocenters. The van der Waals surface area contributed by atoms with Crippen molar-refractivity contribution in [3.63, 3.8) is 0 Å². The maximum absolute atomic E-state index is 8.78. The first kappa shape index (κ1) is 11.5. The highest BCUT2D eigenvalue weighted by molar-refractivity contribution is 6.32. The molecule has 2 rings (SSSR count). The molecule has 0 bridgehead atoms. The Kier molecular flexibility index (Phi) is 3.64. The van der Waals surface area contributed by atoms with Crippen LogP contribution in [0.25, 0.3) is 0 Å². The average molecular weight is 244 g/mol. The lowest BCUT2D eigenvalue weighted by atomic mass is 10.1. The zero-order chi connectivity index (χ0) is 12.1. The van der Waals surface area contributed by atoms with Crippen LogP contribution < -0.4 is 4.74 Å². The van der Waals surface area contributed by atoms with Gasteiger partial charge in [-0.2, -0.15) is 5.26 Å². The highest BCUT2D eigenvalue weighted by Crippen LogP contribution is 2.24. The Morgan fingerprint density at radius 1 is 1.12 bits per heavy atom. The first-order valence-electron chi connectivity index (χ1n) is 5.16. The van der Waals surface area contributed by atoms with E-state index in [4.69, 9.17) is 21.6 Å². The lowest BCUT2D eigenvalue weighted by molar-refractivity contribution is 0.306. The number of benzene rings is 2. The first-order chi connectivity index (χ1) is 8.29. The van der Waals surface area contributed by atoms with Crippen molar-refractivity contribution in [3.8, 4) is 11.8 Å². The molecule has 0 fully saturated rings. The second-order valence-corrected chi connectivity index (χ2v) is 3.94. The molecule has 2 aromatic carbocycles. The van der Waals surface area contributed by atoms with Gasteiger partial charge in [-0.15, -0.1) is 0 Å². The second kappa shape index (κ2) is 5.38. The van der Waals surface area contributed by atoms with Gasteiger partial charge in [0.05, 0.1) is 16.7 Å². The number of hydrogen-bond donors (Lipinski definition) is 0. The molecule has 0 radical (unpaired) electrons. The van der Waals surface area contributed by atoms with E-state index in [-0.39, 0.29) is 0 Å². The minimum atomic E-state index is 0.402. The lowest BCUT2D eigenvalue weighted by Crippen LogP contribution is -1.96. The summed E-state index contributed by atoms with van der Waals surface area (Å²) >= 11 is 5.97. The fraction of sp³-hybridized carbons (Fsp3) is 0.0714. The van der Waals surface area contributed by atoms with Crippen molar-refractivity contribution in [2.45, 2.75) is 6.61 Å². The van der Waals surface area contributed by atoms with Crippen molar-refractivity contribution in [2.24, 2.45) is 0 Å². The molecule has 0 aromatic heterocycles. The molecule has 2 aromatic rings. The lowest BCUT2D eigenvalue weighted by Gasteiger charge is -2.07. The normalized spacial score (nSPS) is 9.65. The Labute approximate surface area is 105 Å². The zero-order valence-corrected chi connectivity index (χ0v) is 9.82. The summed E-state index contributed by atoms with van der Waals surface area (Å²) < 4.78 is 5.58. The summed E-state index contributed by atoms with van der Waals surface area (Å²) in [5, 5.41) is 9.37. The molecule has 0 aliphatic heterocycles. The van der Waals surface area contributed by atoms with E-state index in [0.717, 1.165) is 5.56 Å². The van der Waals surface area contributed by atoms with Crippen LogP contribution in [0.3, 0.4) is 0 Å². The standard InChI is InChI=1S/C14H10ClNO/c15-13-6-1-2-7-14(13)17-10-12-5-3-4-11(8-12)9-16/h1-8H,10H2. The number of nitriles is 1. The van der Waals surface area contributed by atoms with E-state index >= 15 is 0 Å². The van der Waals surface area contributed by atoms with Crippen molar-refractivity contribution in [2.75, 3.05) is 0 Å². The predicted molar refractivity (Wildman–Crippen MR) is 66.9 cm³/mol. The molecule has 0 N–H and O–H groups in total. The monoisotopic (exact) mass is 243 g/mol. The summed E-state index contributed by atoms with van der Waals surface area (Å²) in [5.41, 5.74) is 1.58. The molecular weight excluding hydrogens is 234 g/mol. The van der Waals surface area contributed by atoms with E-state index in [1.807, 2.05) is 30.3 Å². The molecular formula is C14H10ClNO. The maximum Gasteiger partial charge on any atom is 0.138 e. The highest BCUT2D eigenvalue weighted by atomic mass is 35.5. The first-order valence-corrected chi connectivity index (χ1v) is 5.54. The quantitative estimate of drug-likeness (QED) is 0.822. The third-order valence-electron chi connectivity index (χ3n) is 2.29. The van der Waals surface area contributed by atoms with Crippen LogP contribution in [0, 0.1) is 11.3 Å². The van der Waals surface area contributed by atoms with E-state index in [0.29, 0.717) is 22.9 Å². The van der Waals surface area contributed by atoms with E-state index in [1.165, 1.54) is 0 Å². The van der Waals surface area contributed by atoms with Gasteiger partial charge < -0.3 is 4.74 Å². The zero-order valence-electron chi connectivity index (χ0n) is 9.06. The minimum absolute atomic E-state index is 0.402. The topological polar surface area (TPSA) is 33.0 Å². The van der Waals surface area contributed by atoms with Crippen LogP contribution in [0.2, 0.25) is 5.02 Å². The molecule has 3 heteroatoms. The summed E-state index contributed by atoms with van der Waals surface area (Å²) in [6, 6.07) is 16.7. The summed E-state index contributed by atoms with van der Waals surface area (Å²) in [6.07, 6.45) is 0. The van der Waals surface area contributed by atoms with Crippen molar-refractivity contribution in [1.29, 1.82) is 5.26 Å². The SMILES string of the molecule is N#Cc1cccc(COc2ccccc2Cl)c1. The van der Waals surface area contributed by atoms with E-state index in [9.17, 15) is 0 Å². The average Bonchev–Trinajstić information content (AvgIpc) is 2.38.